The van der Waals surface area contributed by atoms with Crippen LogP contribution >= 0.6 is 0 Å². The number of anilines is 1. The third-order valence-electron chi connectivity index (χ3n) is 4.65. The van der Waals surface area contributed by atoms with Gasteiger partial charge in [-0.2, -0.15) is 0 Å². The molecule has 0 aliphatic heterocycles. The molecule has 1 aliphatic rings. The average Bonchev–Trinajstić information content (AvgIpc) is 2.62. The van der Waals surface area contributed by atoms with Crippen LogP contribution in [-0.2, 0) is 9.59 Å². The first-order valence-corrected chi connectivity index (χ1v) is 8.95. The Morgan fingerprint density at radius 2 is 1.72 bits per heavy atom. The van der Waals surface area contributed by atoms with Gasteiger partial charge in [-0.1, -0.05) is 26.2 Å². The molecular formula is C19H26N2O4. The summed E-state index contributed by atoms with van der Waals surface area (Å²) in [6, 6.07) is 6.66. The minimum atomic E-state index is -0.904. The van der Waals surface area contributed by atoms with Crippen LogP contribution in [0.1, 0.15) is 55.8 Å². The lowest BCUT2D eigenvalue weighted by atomic mass is 9.78. The van der Waals surface area contributed by atoms with Crippen molar-refractivity contribution < 1.29 is 19.5 Å². The number of hydrogen-bond donors (Lipinski definition) is 3. The molecule has 0 aromatic heterocycles. The van der Waals surface area contributed by atoms with E-state index in [1.165, 1.54) is 0 Å². The van der Waals surface area contributed by atoms with E-state index < -0.39 is 17.8 Å². The predicted octanol–water partition coefficient (Wildman–Crippen LogP) is 3.05. The van der Waals surface area contributed by atoms with Crippen molar-refractivity contribution in [3.05, 3.63) is 29.8 Å². The van der Waals surface area contributed by atoms with E-state index in [1.54, 1.807) is 24.3 Å². The molecule has 2 atom stereocenters. The molecule has 25 heavy (non-hydrogen) atoms. The van der Waals surface area contributed by atoms with Crippen LogP contribution in [-0.4, -0.2) is 29.4 Å². The van der Waals surface area contributed by atoms with Gasteiger partial charge < -0.3 is 15.7 Å². The van der Waals surface area contributed by atoms with Gasteiger partial charge in [0.25, 0.3) is 5.91 Å². The second-order valence-electron chi connectivity index (χ2n) is 6.51. The van der Waals surface area contributed by atoms with Gasteiger partial charge in [0.1, 0.15) is 0 Å². The normalized spacial score (nSPS) is 19.9. The largest absolute Gasteiger partial charge is 0.481 e. The summed E-state index contributed by atoms with van der Waals surface area (Å²) in [5, 5.41) is 14.9. The van der Waals surface area contributed by atoms with Gasteiger partial charge in [-0.05, 0) is 43.5 Å². The van der Waals surface area contributed by atoms with Crippen LogP contribution in [0, 0.1) is 11.8 Å². The van der Waals surface area contributed by atoms with Crippen LogP contribution < -0.4 is 10.6 Å². The maximum Gasteiger partial charge on any atom is 0.307 e. The molecule has 0 bridgehead atoms. The first-order chi connectivity index (χ1) is 12.0. The molecule has 0 unspecified atom stereocenters. The Hall–Kier alpha value is -2.37. The monoisotopic (exact) mass is 346 g/mol. The Balaban J connectivity index is 1.94. The molecule has 1 aliphatic carbocycles. The molecule has 6 heteroatoms. The van der Waals surface area contributed by atoms with Gasteiger partial charge in [0.2, 0.25) is 5.91 Å². The second kappa shape index (κ2) is 9.20. The summed E-state index contributed by atoms with van der Waals surface area (Å²) in [6.07, 6.45) is 4.82. The molecule has 2 rings (SSSR count). The van der Waals surface area contributed by atoms with Crippen molar-refractivity contribution in [3.63, 3.8) is 0 Å². The summed E-state index contributed by atoms with van der Waals surface area (Å²) in [7, 11) is 0. The van der Waals surface area contributed by atoms with Crippen molar-refractivity contribution in [3.8, 4) is 0 Å². The third kappa shape index (κ3) is 5.31. The highest BCUT2D eigenvalue weighted by atomic mass is 16.4. The van der Waals surface area contributed by atoms with Crippen LogP contribution in [0.2, 0.25) is 0 Å². The molecule has 0 radical (unpaired) electrons. The Morgan fingerprint density at radius 1 is 1.08 bits per heavy atom. The Kier molecular flexibility index (Phi) is 6.98. The van der Waals surface area contributed by atoms with Crippen molar-refractivity contribution in [2.45, 2.75) is 45.4 Å². The lowest BCUT2D eigenvalue weighted by molar-refractivity contribution is -0.147. The fourth-order valence-electron chi connectivity index (χ4n) is 3.16. The van der Waals surface area contributed by atoms with Crippen molar-refractivity contribution in [2.75, 3.05) is 11.9 Å². The first-order valence-electron chi connectivity index (χ1n) is 8.95. The zero-order chi connectivity index (χ0) is 18.2. The first kappa shape index (κ1) is 19.0. The van der Waals surface area contributed by atoms with Gasteiger partial charge in [-0.3, -0.25) is 14.4 Å². The second-order valence-corrected chi connectivity index (χ2v) is 6.51. The number of hydrogen-bond acceptors (Lipinski definition) is 3. The summed E-state index contributed by atoms with van der Waals surface area (Å²) in [5.41, 5.74) is 1.11. The topological polar surface area (TPSA) is 95.5 Å². The predicted molar refractivity (Wildman–Crippen MR) is 95.4 cm³/mol. The number of unbranched alkanes of at least 4 members (excludes halogenated alkanes) is 1. The fraction of sp³-hybridized carbons (Fsp3) is 0.526. The molecule has 3 N–H and O–H groups in total. The van der Waals surface area contributed by atoms with E-state index in [2.05, 4.69) is 17.6 Å². The SMILES string of the molecule is CCCCNC(=O)c1ccc(NC(=O)[C@@H]2CCCC[C@H]2C(=O)O)cc1. The number of carbonyl (C=O) groups excluding carboxylic acids is 2. The van der Waals surface area contributed by atoms with Crippen molar-refractivity contribution >= 4 is 23.5 Å². The molecule has 1 saturated carbocycles. The number of carbonyl (C=O) groups is 3. The molecule has 136 valence electrons. The summed E-state index contributed by atoms with van der Waals surface area (Å²) in [6.45, 7) is 2.71. The highest BCUT2D eigenvalue weighted by molar-refractivity contribution is 5.97. The van der Waals surface area contributed by atoms with Gasteiger partial charge in [-0.15, -0.1) is 0 Å². The van der Waals surface area contributed by atoms with Crippen molar-refractivity contribution in [1.82, 2.24) is 5.32 Å². The van der Waals surface area contributed by atoms with Crippen LogP contribution in [0.4, 0.5) is 5.69 Å². The van der Waals surface area contributed by atoms with Crippen LogP contribution in [0.3, 0.4) is 0 Å². The molecule has 0 spiro atoms. The molecule has 6 nitrogen and oxygen atoms in total. The zero-order valence-electron chi connectivity index (χ0n) is 14.6. The van der Waals surface area contributed by atoms with E-state index >= 15 is 0 Å². The van der Waals surface area contributed by atoms with Gasteiger partial charge in [-0.25, -0.2) is 0 Å². The molecular weight excluding hydrogens is 320 g/mol. The molecule has 1 aromatic carbocycles. The minimum absolute atomic E-state index is 0.135. The molecule has 0 saturated heterocycles. The number of amides is 2. The maximum absolute atomic E-state index is 12.4. The highest BCUT2D eigenvalue weighted by Crippen LogP contribution is 2.31. The van der Waals surface area contributed by atoms with E-state index in [0.29, 0.717) is 30.6 Å². The van der Waals surface area contributed by atoms with Crippen molar-refractivity contribution in [2.24, 2.45) is 11.8 Å². The van der Waals surface area contributed by atoms with E-state index in [0.717, 1.165) is 25.7 Å². The number of nitrogens with one attached hydrogen (secondary N) is 2. The van der Waals surface area contributed by atoms with Gasteiger partial charge in [0.05, 0.1) is 11.8 Å². The third-order valence-corrected chi connectivity index (χ3v) is 4.65. The Morgan fingerprint density at radius 3 is 2.32 bits per heavy atom. The fourth-order valence-corrected chi connectivity index (χ4v) is 3.16. The summed E-state index contributed by atoms with van der Waals surface area (Å²) >= 11 is 0. The van der Waals surface area contributed by atoms with Gasteiger partial charge in [0, 0.05) is 17.8 Å². The van der Waals surface area contributed by atoms with Crippen LogP contribution in [0.25, 0.3) is 0 Å². The van der Waals surface area contributed by atoms with Crippen LogP contribution in [0.15, 0.2) is 24.3 Å². The van der Waals surface area contributed by atoms with Gasteiger partial charge in [0.15, 0.2) is 0 Å². The number of aliphatic carboxylic acids is 1. The number of rotatable bonds is 7. The Labute approximate surface area is 148 Å². The summed E-state index contributed by atoms with van der Waals surface area (Å²) < 4.78 is 0. The summed E-state index contributed by atoms with van der Waals surface area (Å²) in [4.78, 5) is 35.7. The van der Waals surface area contributed by atoms with E-state index in [1.807, 2.05) is 0 Å². The van der Waals surface area contributed by atoms with E-state index in [4.69, 9.17) is 0 Å². The molecule has 0 heterocycles. The van der Waals surface area contributed by atoms with Gasteiger partial charge >= 0.3 is 5.97 Å². The Bertz CT molecular complexity index is 612. The summed E-state index contributed by atoms with van der Waals surface area (Å²) in [5.74, 6) is -2.41. The quantitative estimate of drug-likeness (QED) is 0.661. The van der Waals surface area contributed by atoms with E-state index in [-0.39, 0.29) is 11.8 Å². The van der Waals surface area contributed by atoms with E-state index in [9.17, 15) is 19.5 Å². The average molecular weight is 346 g/mol. The smallest absolute Gasteiger partial charge is 0.307 e. The molecule has 2 amide bonds. The number of carboxylic acid groups (broad SMARTS) is 1. The molecule has 1 aromatic rings. The lowest BCUT2D eigenvalue weighted by Crippen LogP contribution is -2.36. The number of benzene rings is 1. The molecule has 1 fully saturated rings. The maximum atomic E-state index is 12.4. The minimum Gasteiger partial charge on any atom is -0.481 e. The highest BCUT2D eigenvalue weighted by Gasteiger charge is 2.35. The number of carboxylic acids is 1. The van der Waals surface area contributed by atoms with Crippen molar-refractivity contribution in [1.29, 1.82) is 0 Å². The van der Waals surface area contributed by atoms with Crippen LogP contribution in [0.5, 0.6) is 0 Å². The lowest BCUT2D eigenvalue weighted by Gasteiger charge is -2.27. The standard InChI is InChI=1S/C19H26N2O4/c1-2-3-12-20-17(22)13-8-10-14(11-9-13)21-18(23)15-6-4-5-7-16(15)19(24)25/h8-11,15-16H,2-7,12H2,1H3,(H,20,22)(H,21,23)(H,24,25)/t15-,16-/m1/s1. The zero-order valence-corrected chi connectivity index (χ0v) is 14.6.